The predicted octanol–water partition coefficient (Wildman–Crippen LogP) is 2.71. The van der Waals surface area contributed by atoms with Crippen molar-refractivity contribution in [3.05, 3.63) is 53.9 Å². The second kappa shape index (κ2) is 8.66. The van der Waals surface area contributed by atoms with Gasteiger partial charge in [0.05, 0.1) is 0 Å². The average molecular weight is 367 g/mol. The summed E-state index contributed by atoms with van der Waals surface area (Å²) in [6.45, 7) is 6.83. The molecule has 1 amide bonds. The number of amides is 1. The molecule has 1 aliphatic heterocycles. The molecule has 0 aliphatic carbocycles. The van der Waals surface area contributed by atoms with E-state index in [4.69, 9.17) is 4.74 Å². The predicted molar refractivity (Wildman–Crippen MR) is 104 cm³/mol. The summed E-state index contributed by atoms with van der Waals surface area (Å²) in [5, 5.41) is 0. The molecule has 0 bridgehead atoms. The quantitative estimate of drug-likeness (QED) is 0.735. The highest BCUT2D eigenvalue weighted by atomic mass is 16.5. The van der Waals surface area contributed by atoms with Crippen LogP contribution < -0.4 is 9.64 Å². The first-order chi connectivity index (χ1) is 13.1. The van der Waals surface area contributed by atoms with Gasteiger partial charge in [-0.15, -0.1) is 0 Å². The summed E-state index contributed by atoms with van der Waals surface area (Å²) in [5.41, 5.74) is 2.99. The van der Waals surface area contributed by atoms with Crippen molar-refractivity contribution in [3.63, 3.8) is 0 Å². The molecule has 0 N–H and O–H groups in total. The number of pyridine rings is 1. The number of rotatable bonds is 6. The monoisotopic (exact) mass is 367 g/mol. The number of carbonyl (C=O) groups excluding carboxylic acids is 2. The molecule has 6 heteroatoms. The molecule has 1 aliphatic rings. The third-order valence-corrected chi connectivity index (χ3v) is 4.82. The van der Waals surface area contributed by atoms with Crippen LogP contribution in [0.25, 0.3) is 0 Å². The minimum atomic E-state index is -0.0187. The van der Waals surface area contributed by atoms with E-state index in [1.54, 1.807) is 30.5 Å². The van der Waals surface area contributed by atoms with Gasteiger partial charge in [0.25, 0.3) is 5.91 Å². The molecule has 1 fully saturated rings. The second-order valence-electron chi connectivity index (χ2n) is 6.62. The van der Waals surface area contributed by atoms with Crippen LogP contribution in [0.4, 0.5) is 5.69 Å². The van der Waals surface area contributed by atoms with Crippen LogP contribution in [0, 0.1) is 6.92 Å². The number of Topliss-reactive ketones (excluding diaryl/α,β-unsaturated/α-hetero) is 1. The van der Waals surface area contributed by atoms with E-state index in [1.807, 2.05) is 31.0 Å². The molecule has 0 saturated carbocycles. The maximum atomic E-state index is 12.4. The number of ether oxygens (including phenoxy) is 1. The van der Waals surface area contributed by atoms with Crippen molar-refractivity contribution in [1.29, 1.82) is 0 Å². The fourth-order valence-electron chi connectivity index (χ4n) is 3.20. The normalized spacial score (nSPS) is 14.1. The summed E-state index contributed by atoms with van der Waals surface area (Å²) in [5.74, 6) is 0.678. The zero-order chi connectivity index (χ0) is 19.2. The number of nitrogens with zero attached hydrogens (tertiary/aromatic N) is 3. The minimum Gasteiger partial charge on any atom is -0.484 e. The Morgan fingerprint density at radius 1 is 1.07 bits per heavy atom. The Balaban J connectivity index is 1.48. The SMILES string of the molecule is CCC(=O)c1ccc(OCC(=O)N2CCN(c3ccncc3C)CC2)cc1. The van der Waals surface area contributed by atoms with E-state index < -0.39 is 0 Å². The van der Waals surface area contributed by atoms with E-state index in [9.17, 15) is 9.59 Å². The molecule has 0 radical (unpaired) electrons. The van der Waals surface area contributed by atoms with Crippen LogP contribution >= 0.6 is 0 Å². The largest absolute Gasteiger partial charge is 0.484 e. The maximum Gasteiger partial charge on any atom is 0.260 e. The Kier molecular flexibility index (Phi) is 6.06. The van der Waals surface area contributed by atoms with E-state index in [2.05, 4.69) is 9.88 Å². The Morgan fingerprint density at radius 2 is 1.78 bits per heavy atom. The van der Waals surface area contributed by atoms with Gasteiger partial charge in [-0.25, -0.2) is 0 Å². The number of aryl methyl sites for hydroxylation is 1. The molecular weight excluding hydrogens is 342 g/mol. The van der Waals surface area contributed by atoms with Crippen LogP contribution in [0.15, 0.2) is 42.7 Å². The molecule has 1 saturated heterocycles. The lowest BCUT2D eigenvalue weighted by Gasteiger charge is -2.36. The van der Waals surface area contributed by atoms with Crippen molar-refractivity contribution in [1.82, 2.24) is 9.88 Å². The number of anilines is 1. The smallest absolute Gasteiger partial charge is 0.260 e. The van der Waals surface area contributed by atoms with Crippen molar-refractivity contribution >= 4 is 17.4 Å². The lowest BCUT2D eigenvalue weighted by molar-refractivity contribution is -0.133. The highest BCUT2D eigenvalue weighted by molar-refractivity contribution is 5.95. The third kappa shape index (κ3) is 4.64. The van der Waals surface area contributed by atoms with Crippen molar-refractivity contribution < 1.29 is 14.3 Å². The average Bonchev–Trinajstić information content (AvgIpc) is 2.72. The first-order valence-corrected chi connectivity index (χ1v) is 9.28. The van der Waals surface area contributed by atoms with Gasteiger partial charge in [0.1, 0.15) is 5.75 Å². The van der Waals surface area contributed by atoms with Crippen LogP contribution in [0.2, 0.25) is 0 Å². The number of benzene rings is 1. The summed E-state index contributed by atoms with van der Waals surface area (Å²) in [4.78, 5) is 32.3. The van der Waals surface area contributed by atoms with E-state index in [-0.39, 0.29) is 18.3 Å². The molecule has 2 heterocycles. The molecular formula is C21H25N3O3. The van der Waals surface area contributed by atoms with Crippen LogP contribution in [0.1, 0.15) is 29.3 Å². The second-order valence-corrected chi connectivity index (χ2v) is 6.62. The van der Waals surface area contributed by atoms with Gasteiger partial charge in [0, 0.05) is 56.2 Å². The lowest BCUT2D eigenvalue weighted by Crippen LogP contribution is -2.50. The molecule has 0 atom stereocenters. The van der Waals surface area contributed by atoms with Crippen molar-refractivity contribution in [2.75, 3.05) is 37.7 Å². The Labute approximate surface area is 159 Å². The van der Waals surface area contributed by atoms with Crippen LogP contribution in [-0.4, -0.2) is 54.4 Å². The lowest BCUT2D eigenvalue weighted by atomic mass is 10.1. The summed E-state index contributed by atoms with van der Waals surface area (Å²) in [6.07, 6.45) is 4.14. The zero-order valence-electron chi connectivity index (χ0n) is 15.9. The number of aromatic nitrogens is 1. The van der Waals surface area contributed by atoms with Gasteiger partial charge in [-0.05, 0) is 42.8 Å². The van der Waals surface area contributed by atoms with E-state index in [1.165, 1.54) is 5.69 Å². The fraction of sp³-hybridized carbons (Fsp3) is 0.381. The molecule has 1 aromatic carbocycles. The van der Waals surface area contributed by atoms with Crippen molar-refractivity contribution in [3.8, 4) is 5.75 Å². The number of hydrogen-bond acceptors (Lipinski definition) is 5. The zero-order valence-corrected chi connectivity index (χ0v) is 15.9. The topological polar surface area (TPSA) is 62.7 Å². The third-order valence-electron chi connectivity index (χ3n) is 4.82. The summed E-state index contributed by atoms with van der Waals surface area (Å²) in [7, 11) is 0. The first-order valence-electron chi connectivity index (χ1n) is 9.28. The van der Waals surface area contributed by atoms with Crippen LogP contribution in [0.5, 0.6) is 5.75 Å². The molecule has 0 spiro atoms. The molecule has 0 unspecified atom stereocenters. The van der Waals surface area contributed by atoms with Crippen molar-refractivity contribution in [2.24, 2.45) is 0 Å². The Hall–Kier alpha value is -2.89. The number of piperazine rings is 1. The molecule has 142 valence electrons. The van der Waals surface area contributed by atoms with Gasteiger partial charge in [0.15, 0.2) is 12.4 Å². The molecule has 1 aromatic heterocycles. The van der Waals surface area contributed by atoms with Gasteiger partial charge in [0.2, 0.25) is 0 Å². The van der Waals surface area contributed by atoms with Gasteiger partial charge >= 0.3 is 0 Å². The van der Waals surface area contributed by atoms with E-state index in [0.29, 0.717) is 30.8 Å². The standard InChI is InChI=1S/C21H25N3O3/c1-3-20(25)17-4-6-18(7-5-17)27-15-21(26)24-12-10-23(11-13-24)19-8-9-22-14-16(19)2/h4-9,14H,3,10-13,15H2,1-2H3. The summed E-state index contributed by atoms with van der Waals surface area (Å²) in [6, 6.07) is 8.96. The Morgan fingerprint density at radius 3 is 2.41 bits per heavy atom. The van der Waals surface area contributed by atoms with Gasteiger partial charge < -0.3 is 14.5 Å². The van der Waals surface area contributed by atoms with E-state index >= 15 is 0 Å². The summed E-state index contributed by atoms with van der Waals surface area (Å²) < 4.78 is 5.60. The molecule has 27 heavy (non-hydrogen) atoms. The number of carbonyl (C=O) groups is 2. The fourth-order valence-corrected chi connectivity index (χ4v) is 3.20. The molecule has 2 aromatic rings. The van der Waals surface area contributed by atoms with Gasteiger partial charge in [-0.1, -0.05) is 6.92 Å². The van der Waals surface area contributed by atoms with Gasteiger partial charge in [-0.3, -0.25) is 14.6 Å². The Bertz CT molecular complexity index is 797. The van der Waals surface area contributed by atoms with Crippen LogP contribution in [-0.2, 0) is 4.79 Å². The number of hydrogen-bond donors (Lipinski definition) is 0. The summed E-state index contributed by atoms with van der Waals surface area (Å²) >= 11 is 0. The van der Waals surface area contributed by atoms with E-state index in [0.717, 1.165) is 18.7 Å². The molecule has 6 nitrogen and oxygen atoms in total. The van der Waals surface area contributed by atoms with Gasteiger partial charge in [-0.2, -0.15) is 0 Å². The minimum absolute atomic E-state index is 0.00928. The first kappa shape index (κ1) is 18.9. The van der Waals surface area contributed by atoms with Crippen LogP contribution in [0.3, 0.4) is 0 Å². The molecule has 3 rings (SSSR count). The highest BCUT2D eigenvalue weighted by Crippen LogP contribution is 2.20. The van der Waals surface area contributed by atoms with Crippen molar-refractivity contribution in [2.45, 2.75) is 20.3 Å². The maximum absolute atomic E-state index is 12.4. The highest BCUT2D eigenvalue weighted by Gasteiger charge is 2.22. The number of ketones is 1.